The van der Waals surface area contributed by atoms with Crippen LogP contribution in [-0.2, 0) is 6.70 Å². The Bertz CT molecular complexity index is 335. The molecule has 1 aromatic rings. The van der Waals surface area contributed by atoms with Crippen molar-refractivity contribution < 1.29 is 8.42 Å². The molecule has 0 heterocycles. The Balaban J connectivity index is 0.000000252. The molecular formula is C8H10Br2O2S. The number of rotatable bonds is 0. The molecule has 0 unspecified atom stereocenters. The topological polar surface area (TPSA) is 34.1 Å². The molecule has 0 amide bonds. The van der Waals surface area contributed by atoms with E-state index in [1.807, 2.05) is 0 Å². The Labute approximate surface area is 93.7 Å². The standard InChI is InChI=1S/C8H10.Br2O2S/c1-7-4-3-5-8(2)6-7;1-5(2,3)4/h3-6H,1-2H3;. The minimum absolute atomic E-state index is 1.34. The summed E-state index contributed by atoms with van der Waals surface area (Å²) in [5, 5.41) is 0. The molecule has 1 rings (SSSR count). The summed E-state index contributed by atoms with van der Waals surface area (Å²) in [6, 6.07) is 8.45. The first-order valence-electron chi connectivity index (χ1n) is 3.46. The van der Waals surface area contributed by atoms with Crippen molar-refractivity contribution in [2.24, 2.45) is 0 Å². The van der Waals surface area contributed by atoms with E-state index in [9.17, 15) is 8.42 Å². The molecule has 0 atom stereocenters. The predicted molar refractivity (Wildman–Crippen MR) is 62.7 cm³/mol. The van der Waals surface area contributed by atoms with E-state index in [0.717, 1.165) is 0 Å². The predicted octanol–water partition coefficient (Wildman–Crippen LogP) is 3.32. The number of hydrogen-bond donors (Lipinski definition) is 0. The largest absolute Gasteiger partial charge is 0.268 e. The van der Waals surface area contributed by atoms with Gasteiger partial charge in [0.1, 0.15) is 0 Å². The van der Waals surface area contributed by atoms with E-state index < -0.39 is 6.70 Å². The Hall–Kier alpha value is 0.130. The maximum absolute atomic E-state index is 9.47. The maximum atomic E-state index is 9.47. The number of aryl methyl sites for hydroxylation is 2. The zero-order chi connectivity index (χ0) is 10.5. The van der Waals surface area contributed by atoms with Gasteiger partial charge >= 0.3 is 0 Å². The minimum atomic E-state index is -3.04. The van der Waals surface area contributed by atoms with Gasteiger partial charge in [-0.05, 0) is 13.8 Å². The molecule has 2 nitrogen and oxygen atoms in total. The summed E-state index contributed by atoms with van der Waals surface area (Å²) >= 11 is 4.53. The fraction of sp³-hybridized carbons (Fsp3) is 0.250. The molecule has 5 heteroatoms. The smallest absolute Gasteiger partial charge is 0.205 e. The van der Waals surface area contributed by atoms with Crippen LogP contribution in [-0.4, -0.2) is 8.42 Å². The van der Waals surface area contributed by atoms with Gasteiger partial charge in [-0.3, -0.25) is 0 Å². The van der Waals surface area contributed by atoms with E-state index in [1.165, 1.54) is 11.1 Å². The van der Waals surface area contributed by atoms with Gasteiger partial charge in [0, 0.05) is 0 Å². The monoisotopic (exact) mass is 328 g/mol. The molecule has 0 spiro atoms. The molecular weight excluding hydrogens is 320 g/mol. The summed E-state index contributed by atoms with van der Waals surface area (Å²) in [6.45, 7) is 1.17. The van der Waals surface area contributed by atoms with Crippen molar-refractivity contribution in [3.8, 4) is 0 Å². The fourth-order valence-electron chi connectivity index (χ4n) is 0.807. The van der Waals surface area contributed by atoms with Crippen molar-refractivity contribution in [2.75, 3.05) is 0 Å². The summed E-state index contributed by atoms with van der Waals surface area (Å²) in [4.78, 5) is 0. The lowest BCUT2D eigenvalue weighted by Crippen LogP contribution is -1.71. The zero-order valence-corrected chi connectivity index (χ0v) is 11.3. The van der Waals surface area contributed by atoms with E-state index in [0.29, 0.717) is 0 Å². The highest BCUT2D eigenvalue weighted by Crippen LogP contribution is 2.06. The zero-order valence-electron chi connectivity index (χ0n) is 7.29. The van der Waals surface area contributed by atoms with Gasteiger partial charge in [-0.25, -0.2) is 8.42 Å². The van der Waals surface area contributed by atoms with Gasteiger partial charge in [0.2, 0.25) is 0 Å². The number of benzene rings is 1. The van der Waals surface area contributed by atoms with Gasteiger partial charge in [0.25, 0.3) is 6.70 Å². The lowest BCUT2D eigenvalue weighted by Gasteiger charge is -1.90. The minimum Gasteiger partial charge on any atom is -0.205 e. The van der Waals surface area contributed by atoms with Crippen molar-refractivity contribution in [2.45, 2.75) is 13.8 Å². The molecule has 0 saturated carbocycles. The average molecular weight is 330 g/mol. The highest BCUT2D eigenvalue weighted by molar-refractivity contribution is 9.79. The lowest BCUT2D eigenvalue weighted by molar-refractivity contribution is 0.625. The highest BCUT2D eigenvalue weighted by atomic mass is 79.9. The molecule has 0 saturated heterocycles. The fourth-order valence-corrected chi connectivity index (χ4v) is 0.807. The van der Waals surface area contributed by atoms with Crippen molar-refractivity contribution >= 4 is 36.3 Å². The van der Waals surface area contributed by atoms with E-state index >= 15 is 0 Å². The number of hydrogen-bond acceptors (Lipinski definition) is 2. The van der Waals surface area contributed by atoms with Crippen LogP contribution in [0.25, 0.3) is 0 Å². The van der Waals surface area contributed by atoms with Crippen molar-refractivity contribution in [3.63, 3.8) is 0 Å². The van der Waals surface area contributed by atoms with Crippen LogP contribution in [0.1, 0.15) is 11.1 Å². The average Bonchev–Trinajstić information content (AvgIpc) is 1.81. The molecule has 74 valence electrons. The summed E-state index contributed by atoms with van der Waals surface area (Å²) in [7, 11) is 0. The third kappa shape index (κ3) is 12.1. The second-order valence-electron chi connectivity index (χ2n) is 2.54. The first-order valence-corrected chi connectivity index (χ1v) is 8.63. The van der Waals surface area contributed by atoms with E-state index in [1.54, 1.807) is 0 Å². The lowest BCUT2D eigenvalue weighted by atomic mass is 10.2. The van der Waals surface area contributed by atoms with Gasteiger partial charge < -0.3 is 0 Å². The third-order valence-electron chi connectivity index (χ3n) is 1.17. The van der Waals surface area contributed by atoms with Crippen LogP contribution in [0.5, 0.6) is 0 Å². The van der Waals surface area contributed by atoms with Gasteiger partial charge in [-0.2, -0.15) is 0 Å². The normalized spacial score (nSPS) is 10.2. The molecule has 1 aromatic carbocycles. The van der Waals surface area contributed by atoms with Crippen molar-refractivity contribution in [3.05, 3.63) is 35.4 Å². The summed E-state index contributed by atoms with van der Waals surface area (Å²) in [6.07, 6.45) is 0. The van der Waals surface area contributed by atoms with Crippen LogP contribution in [0.15, 0.2) is 24.3 Å². The summed E-state index contributed by atoms with van der Waals surface area (Å²) in [5.74, 6) is 0. The highest BCUT2D eigenvalue weighted by Gasteiger charge is 1.87. The Morgan fingerprint density at radius 1 is 1.08 bits per heavy atom. The molecule has 0 fully saturated rings. The number of halogens is 2. The first kappa shape index (κ1) is 13.1. The Kier molecular flexibility index (Phi) is 5.83. The van der Waals surface area contributed by atoms with Crippen molar-refractivity contribution in [1.82, 2.24) is 0 Å². The van der Waals surface area contributed by atoms with Crippen LogP contribution in [0, 0.1) is 13.8 Å². The quantitative estimate of drug-likeness (QED) is 0.684. The van der Waals surface area contributed by atoms with Crippen LogP contribution in [0.3, 0.4) is 0 Å². The second kappa shape index (κ2) is 5.78. The first-order chi connectivity index (χ1) is 5.79. The molecule has 0 bridgehead atoms. The molecule has 0 aliphatic rings. The van der Waals surface area contributed by atoms with Gasteiger partial charge in [-0.15, -0.1) is 0 Å². The van der Waals surface area contributed by atoms with Crippen molar-refractivity contribution in [1.29, 1.82) is 0 Å². The molecule has 13 heavy (non-hydrogen) atoms. The van der Waals surface area contributed by atoms with E-state index in [2.05, 4.69) is 67.7 Å². The van der Waals surface area contributed by atoms with Crippen LogP contribution in [0.2, 0.25) is 0 Å². The third-order valence-corrected chi connectivity index (χ3v) is 1.17. The Morgan fingerprint density at radius 3 is 1.54 bits per heavy atom. The summed E-state index contributed by atoms with van der Waals surface area (Å²) < 4.78 is 18.9. The van der Waals surface area contributed by atoms with Crippen LogP contribution in [0.4, 0.5) is 0 Å². The summed E-state index contributed by atoms with van der Waals surface area (Å²) in [5.41, 5.74) is 2.68. The second-order valence-corrected chi connectivity index (χ2v) is 11.0. The van der Waals surface area contributed by atoms with Crippen LogP contribution < -0.4 is 0 Å². The maximum Gasteiger partial charge on any atom is 0.268 e. The SMILES string of the molecule is Cc1cccc(C)c1.O=S(=O)(Br)Br. The molecule has 0 N–H and O–H groups in total. The van der Waals surface area contributed by atoms with Gasteiger partial charge in [-0.1, -0.05) is 35.4 Å². The molecule has 0 radical (unpaired) electrons. The van der Waals surface area contributed by atoms with Gasteiger partial charge in [0.15, 0.2) is 0 Å². The molecule has 0 aromatic heterocycles. The molecule has 0 aliphatic carbocycles. The Morgan fingerprint density at radius 2 is 1.38 bits per heavy atom. The van der Waals surface area contributed by atoms with E-state index in [-0.39, 0.29) is 0 Å². The molecule has 0 aliphatic heterocycles. The van der Waals surface area contributed by atoms with E-state index in [4.69, 9.17) is 0 Å². The van der Waals surface area contributed by atoms with Crippen LogP contribution >= 0.6 is 29.6 Å². The van der Waals surface area contributed by atoms with Gasteiger partial charge in [0.05, 0.1) is 29.6 Å².